The Morgan fingerprint density at radius 2 is 2.06 bits per heavy atom. The van der Waals surface area contributed by atoms with Crippen LogP contribution in [0.15, 0.2) is 35.5 Å². The maximum Gasteiger partial charge on any atom is 0.334 e. The van der Waals surface area contributed by atoms with Crippen LogP contribution in [0.4, 0.5) is 0 Å². The van der Waals surface area contributed by atoms with Gasteiger partial charge in [0, 0.05) is 17.9 Å². The fourth-order valence-electron chi connectivity index (χ4n) is 2.53. The second-order valence-corrected chi connectivity index (χ2v) is 5.15. The van der Waals surface area contributed by atoms with E-state index in [0.717, 1.165) is 25.7 Å². The number of hydrogen-bond donors (Lipinski definition) is 0. The van der Waals surface area contributed by atoms with E-state index in [1.807, 2.05) is 0 Å². The minimum Gasteiger partial charge on any atom is -0.458 e. The molecule has 0 aromatic heterocycles. The molecule has 0 bridgehead atoms. The first-order chi connectivity index (χ1) is 8.08. The number of carbonyl (C=O) groups is 1. The van der Waals surface area contributed by atoms with Crippen molar-refractivity contribution in [2.75, 3.05) is 0 Å². The zero-order valence-electron chi connectivity index (χ0n) is 10.7. The molecular formula is C15H20O2. The van der Waals surface area contributed by atoms with Gasteiger partial charge in [0.05, 0.1) is 0 Å². The van der Waals surface area contributed by atoms with Crippen LogP contribution in [0.3, 0.4) is 0 Å². The second-order valence-electron chi connectivity index (χ2n) is 5.15. The van der Waals surface area contributed by atoms with Crippen LogP contribution >= 0.6 is 0 Å². The molecule has 0 aromatic rings. The Morgan fingerprint density at radius 1 is 1.29 bits per heavy atom. The first kappa shape index (κ1) is 12.2. The number of allylic oxidation sites excluding steroid dienone is 3. The lowest BCUT2D eigenvalue weighted by atomic mass is 9.88. The molecule has 1 saturated heterocycles. The van der Waals surface area contributed by atoms with Gasteiger partial charge in [0.15, 0.2) is 0 Å². The summed E-state index contributed by atoms with van der Waals surface area (Å²) in [5.41, 5.74) is 3.35. The van der Waals surface area contributed by atoms with Gasteiger partial charge in [-0.15, -0.1) is 0 Å². The van der Waals surface area contributed by atoms with Crippen LogP contribution in [0, 0.1) is 5.92 Å². The Kier molecular flexibility index (Phi) is 3.51. The minimum atomic E-state index is -0.210. The molecule has 1 fully saturated rings. The molecule has 2 atom stereocenters. The summed E-state index contributed by atoms with van der Waals surface area (Å²) >= 11 is 0. The third-order valence-electron chi connectivity index (χ3n) is 3.69. The van der Waals surface area contributed by atoms with E-state index in [1.165, 1.54) is 11.1 Å². The molecule has 1 aliphatic heterocycles. The van der Waals surface area contributed by atoms with Gasteiger partial charge in [-0.2, -0.15) is 0 Å². The normalized spacial score (nSPS) is 30.2. The molecule has 0 radical (unpaired) electrons. The van der Waals surface area contributed by atoms with Crippen molar-refractivity contribution in [2.45, 2.75) is 45.6 Å². The van der Waals surface area contributed by atoms with E-state index in [2.05, 4.69) is 32.6 Å². The summed E-state index contributed by atoms with van der Waals surface area (Å²) in [7, 11) is 0. The highest BCUT2D eigenvalue weighted by Crippen LogP contribution is 2.34. The second kappa shape index (κ2) is 4.91. The van der Waals surface area contributed by atoms with Gasteiger partial charge in [0.25, 0.3) is 0 Å². The molecule has 2 nitrogen and oxygen atoms in total. The SMILES string of the molecule is C=C1C(=O)OC2CC(C)=CCCC(C)=CCC12. The van der Waals surface area contributed by atoms with Crippen molar-refractivity contribution >= 4 is 5.97 Å². The van der Waals surface area contributed by atoms with Crippen LogP contribution < -0.4 is 0 Å². The quantitative estimate of drug-likeness (QED) is 0.363. The summed E-state index contributed by atoms with van der Waals surface area (Å²) in [5.74, 6) is -0.0444. The summed E-state index contributed by atoms with van der Waals surface area (Å²) in [6.45, 7) is 8.14. The van der Waals surface area contributed by atoms with Crippen LogP contribution in [0.1, 0.15) is 39.5 Å². The van der Waals surface area contributed by atoms with Gasteiger partial charge in [0.2, 0.25) is 0 Å². The van der Waals surface area contributed by atoms with Gasteiger partial charge in [0.1, 0.15) is 6.10 Å². The van der Waals surface area contributed by atoms with E-state index in [-0.39, 0.29) is 18.0 Å². The lowest BCUT2D eigenvalue weighted by Crippen LogP contribution is -2.17. The summed E-state index contributed by atoms with van der Waals surface area (Å²) < 4.78 is 5.41. The summed E-state index contributed by atoms with van der Waals surface area (Å²) in [4.78, 5) is 11.6. The summed E-state index contributed by atoms with van der Waals surface area (Å²) in [6.07, 6.45) is 8.41. The van der Waals surface area contributed by atoms with Crippen LogP contribution in [0.5, 0.6) is 0 Å². The zero-order valence-corrected chi connectivity index (χ0v) is 10.7. The van der Waals surface area contributed by atoms with Crippen molar-refractivity contribution in [1.29, 1.82) is 0 Å². The topological polar surface area (TPSA) is 26.3 Å². The lowest BCUT2D eigenvalue weighted by molar-refractivity contribution is -0.139. The standard InChI is InChI=1S/C15H20O2/c1-10-5-4-6-11(2)9-14-13(8-7-10)12(3)15(16)17-14/h6-7,13-14H,3-5,8-9H2,1-2H3. The molecular weight excluding hydrogens is 212 g/mol. The maximum absolute atomic E-state index is 11.6. The van der Waals surface area contributed by atoms with E-state index in [0.29, 0.717) is 5.57 Å². The van der Waals surface area contributed by atoms with E-state index < -0.39 is 0 Å². The largest absolute Gasteiger partial charge is 0.458 e. The monoisotopic (exact) mass is 232 g/mol. The highest BCUT2D eigenvalue weighted by Gasteiger charge is 2.37. The highest BCUT2D eigenvalue weighted by atomic mass is 16.6. The maximum atomic E-state index is 11.6. The highest BCUT2D eigenvalue weighted by molar-refractivity contribution is 5.90. The van der Waals surface area contributed by atoms with E-state index >= 15 is 0 Å². The fourth-order valence-corrected chi connectivity index (χ4v) is 2.53. The third-order valence-corrected chi connectivity index (χ3v) is 3.69. The van der Waals surface area contributed by atoms with Gasteiger partial charge in [-0.1, -0.05) is 29.9 Å². The Balaban J connectivity index is 2.23. The van der Waals surface area contributed by atoms with Gasteiger partial charge >= 0.3 is 5.97 Å². The van der Waals surface area contributed by atoms with Crippen LogP contribution in [-0.4, -0.2) is 12.1 Å². The van der Waals surface area contributed by atoms with E-state index in [4.69, 9.17) is 4.74 Å². The number of carbonyl (C=O) groups excluding carboxylic acids is 1. The number of fused-ring (bicyclic) bond motifs is 1. The molecule has 2 unspecified atom stereocenters. The Morgan fingerprint density at radius 3 is 2.82 bits per heavy atom. The molecule has 0 amide bonds. The van der Waals surface area contributed by atoms with Gasteiger partial charge in [-0.05, 0) is 33.1 Å². The molecule has 2 heteroatoms. The van der Waals surface area contributed by atoms with Crippen molar-refractivity contribution in [3.05, 3.63) is 35.5 Å². The number of rotatable bonds is 0. The Bertz CT molecular complexity index is 401. The lowest BCUT2D eigenvalue weighted by Gasteiger charge is -2.18. The first-order valence-corrected chi connectivity index (χ1v) is 6.29. The van der Waals surface area contributed by atoms with Crippen molar-refractivity contribution in [1.82, 2.24) is 0 Å². The van der Waals surface area contributed by atoms with Crippen molar-refractivity contribution in [3.63, 3.8) is 0 Å². The molecule has 1 heterocycles. The minimum absolute atomic E-state index is 0.00611. The number of hydrogen-bond acceptors (Lipinski definition) is 2. The molecule has 17 heavy (non-hydrogen) atoms. The summed E-state index contributed by atoms with van der Waals surface area (Å²) in [5, 5.41) is 0. The van der Waals surface area contributed by atoms with Crippen LogP contribution in [0.25, 0.3) is 0 Å². The third kappa shape index (κ3) is 2.68. The van der Waals surface area contributed by atoms with Gasteiger partial charge in [-0.25, -0.2) is 4.79 Å². The molecule has 0 N–H and O–H groups in total. The molecule has 0 spiro atoms. The summed E-state index contributed by atoms with van der Waals surface area (Å²) in [6, 6.07) is 0. The van der Waals surface area contributed by atoms with Crippen molar-refractivity contribution in [2.24, 2.45) is 5.92 Å². The molecule has 2 rings (SSSR count). The van der Waals surface area contributed by atoms with Crippen LogP contribution in [-0.2, 0) is 9.53 Å². The predicted molar refractivity (Wildman–Crippen MR) is 68.5 cm³/mol. The van der Waals surface area contributed by atoms with Crippen LogP contribution in [0.2, 0.25) is 0 Å². The molecule has 0 aromatic carbocycles. The zero-order chi connectivity index (χ0) is 12.4. The molecule has 1 aliphatic carbocycles. The Labute approximate surface area is 103 Å². The van der Waals surface area contributed by atoms with Gasteiger partial charge in [-0.3, -0.25) is 0 Å². The van der Waals surface area contributed by atoms with Gasteiger partial charge < -0.3 is 4.74 Å². The fraction of sp³-hybridized carbons (Fsp3) is 0.533. The average Bonchev–Trinajstić information content (AvgIpc) is 2.52. The number of ether oxygens (including phenoxy) is 1. The van der Waals surface area contributed by atoms with Crippen molar-refractivity contribution < 1.29 is 9.53 Å². The molecule has 2 aliphatic rings. The van der Waals surface area contributed by atoms with Crippen molar-refractivity contribution in [3.8, 4) is 0 Å². The smallest absolute Gasteiger partial charge is 0.334 e. The average molecular weight is 232 g/mol. The number of esters is 1. The van der Waals surface area contributed by atoms with E-state index in [1.54, 1.807) is 0 Å². The van der Waals surface area contributed by atoms with E-state index in [9.17, 15) is 4.79 Å². The Hall–Kier alpha value is -1.31. The molecule has 92 valence electrons. The predicted octanol–water partition coefficient (Wildman–Crippen LogP) is 3.55. The molecule has 0 saturated carbocycles. The first-order valence-electron chi connectivity index (χ1n) is 6.29.